The summed E-state index contributed by atoms with van der Waals surface area (Å²) < 4.78 is 31.0. The number of benzene rings is 2. The van der Waals surface area contributed by atoms with Crippen molar-refractivity contribution in [2.75, 3.05) is 39.2 Å². The van der Waals surface area contributed by atoms with Gasteiger partial charge in [0.2, 0.25) is 10.0 Å². The Morgan fingerprint density at radius 2 is 1.77 bits per heavy atom. The molecule has 3 rings (SSSR count). The van der Waals surface area contributed by atoms with Crippen LogP contribution in [0, 0.1) is 0 Å². The molecule has 0 unspecified atom stereocenters. The first-order valence-electron chi connectivity index (χ1n) is 9.64. The van der Waals surface area contributed by atoms with Crippen LogP contribution < -0.4 is 15.0 Å². The lowest BCUT2D eigenvalue weighted by Crippen LogP contribution is -2.44. The number of anilines is 1. The van der Waals surface area contributed by atoms with E-state index in [1.807, 2.05) is 24.3 Å². The molecule has 1 fully saturated rings. The van der Waals surface area contributed by atoms with Gasteiger partial charge in [-0.15, -0.1) is 0 Å². The van der Waals surface area contributed by atoms with Crippen molar-refractivity contribution in [1.29, 1.82) is 0 Å². The van der Waals surface area contributed by atoms with Gasteiger partial charge in [0.15, 0.2) is 0 Å². The van der Waals surface area contributed by atoms with Crippen molar-refractivity contribution >= 4 is 33.2 Å². The van der Waals surface area contributed by atoms with Gasteiger partial charge in [0.05, 0.1) is 22.6 Å². The van der Waals surface area contributed by atoms with Crippen molar-refractivity contribution in [1.82, 2.24) is 9.62 Å². The fourth-order valence-corrected chi connectivity index (χ4v) is 4.52. The highest BCUT2D eigenvalue weighted by molar-refractivity contribution is 7.89. The van der Waals surface area contributed by atoms with Gasteiger partial charge in [-0.1, -0.05) is 11.6 Å². The number of amides is 1. The van der Waals surface area contributed by atoms with Crippen LogP contribution >= 0.6 is 11.6 Å². The van der Waals surface area contributed by atoms with Crippen LogP contribution in [0.2, 0.25) is 5.02 Å². The number of nitrogens with one attached hydrogen (secondary N) is 1. The summed E-state index contributed by atoms with van der Waals surface area (Å²) in [7, 11) is 0.883. The van der Waals surface area contributed by atoms with Crippen LogP contribution in [-0.4, -0.2) is 59.0 Å². The van der Waals surface area contributed by atoms with E-state index in [0.717, 1.165) is 41.7 Å². The predicted molar refractivity (Wildman–Crippen MR) is 118 cm³/mol. The molecule has 2 aromatic rings. The summed E-state index contributed by atoms with van der Waals surface area (Å²) in [6.07, 6.45) is 1.57. The summed E-state index contributed by atoms with van der Waals surface area (Å²) in [6.45, 7) is 1.61. The van der Waals surface area contributed by atoms with E-state index < -0.39 is 10.0 Å². The van der Waals surface area contributed by atoms with Crippen LogP contribution in [0.3, 0.4) is 0 Å². The SMILES string of the molecule is COc1ccc(N2CCC(NC(=O)c3cc(S(=O)(=O)N(C)C)ccc3Cl)CC2)cc1. The van der Waals surface area contributed by atoms with Gasteiger partial charge in [0.1, 0.15) is 5.75 Å². The molecular formula is C21H26ClN3O4S. The van der Waals surface area contributed by atoms with Crippen LogP contribution in [0.15, 0.2) is 47.4 Å². The highest BCUT2D eigenvalue weighted by Crippen LogP contribution is 2.25. The van der Waals surface area contributed by atoms with E-state index in [2.05, 4.69) is 10.2 Å². The molecule has 162 valence electrons. The molecule has 0 bridgehead atoms. The topological polar surface area (TPSA) is 79.0 Å². The first kappa shape index (κ1) is 22.4. The fraction of sp³-hybridized carbons (Fsp3) is 0.381. The third-order valence-electron chi connectivity index (χ3n) is 5.23. The summed E-state index contributed by atoms with van der Waals surface area (Å²) in [5, 5.41) is 3.22. The molecule has 0 saturated carbocycles. The first-order valence-corrected chi connectivity index (χ1v) is 11.5. The normalized spacial score (nSPS) is 15.3. The smallest absolute Gasteiger partial charge is 0.253 e. The lowest BCUT2D eigenvalue weighted by atomic mass is 10.0. The zero-order chi connectivity index (χ0) is 21.9. The number of nitrogens with zero attached hydrogens (tertiary/aromatic N) is 2. The van der Waals surface area contributed by atoms with Gasteiger partial charge < -0.3 is 15.0 Å². The van der Waals surface area contributed by atoms with Gasteiger partial charge in [-0.2, -0.15) is 0 Å². The summed E-state index contributed by atoms with van der Waals surface area (Å²) in [4.78, 5) is 15.1. The molecule has 1 amide bonds. The minimum absolute atomic E-state index is 0.00261. The van der Waals surface area contributed by atoms with E-state index in [-0.39, 0.29) is 27.4 Å². The largest absolute Gasteiger partial charge is 0.497 e. The molecule has 1 aliphatic heterocycles. The lowest BCUT2D eigenvalue weighted by Gasteiger charge is -2.34. The number of hydrogen-bond donors (Lipinski definition) is 1. The highest BCUT2D eigenvalue weighted by Gasteiger charge is 2.24. The van der Waals surface area contributed by atoms with Gasteiger partial charge >= 0.3 is 0 Å². The Labute approximate surface area is 182 Å². The Balaban J connectivity index is 1.64. The Bertz CT molecular complexity index is 1000. The summed E-state index contributed by atoms with van der Waals surface area (Å²) in [5.41, 5.74) is 1.28. The predicted octanol–water partition coefficient (Wildman–Crippen LogP) is 3.00. The van der Waals surface area contributed by atoms with Gasteiger partial charge in [-0.05, 0) is 55.3 Å². The van der Waals surface area contributed by atoms with E-state index in [1.165, 1.54) is 32.3 Å². The van der Waals surface area contributed by atoms with E-state index in [1.54, 1.807) is 7.11 Å². The molecule has 7 nitrogen and oxygen atoms in total. The van der Waals surface area contributed by atoms with E-state index in [4.69, 9.17) is 16.3 Å². The zero-order valence-electron chi connectivity index (χ0n) is 17.3. The lowest BCUT2D eigenvalue weighted by molar-refractivity contribution is 0.0931. The molecule has 0 atom stereocenters. The maximum absolute atomic E-state index is 12.8. The second-order valence-corrected chi connectivity index (χ2v) is 9.92. The number of hydrogen-bond acceptors (Lipinski definition) is 5. The number of rotatable bonds is 6. The maximum Gasteiger partial charge on any atom is 0.253 e. The van der Waals surface area contributed by atoms with Crippen molar-refractivity contribution in [3.8, 4) is 5.75 Å². The molecule has 0 aliphatic carbocycles. The molecule has 30 heavy (non-hydrogen) atoms. The Morgan fingerprint density at radius 1 is 1.13 bits per heavy atom. The van der Waals surface area contributed by atoms with Crippen LogP contribution in [0.1, 0.15) is 23.2 Å². The number of carbonyl (C=O) groups excluding carboxylic acids is 1. The monoisotopic (exact) mass is 451 g/mol. The van der Waals surface area contributed by atoms with Crippen LogP contribution in [0.5, 0.6) is 5.75 Å². The number of methoxy groups -OCH3 is 1. The molecule has 2 aromatic carbocycles. The number of sulfonamides is 1. The average molecular weight is 452 g/mol. The number of halogens is 1. The van der Waals surface area contributed by atoms with E-state index in [0.29, 0.717) is 0 Å². The average Bonchev–Trinajstić information content (AvgIpc) is 2.74. The van der Waals surface area contributed by atoms with Gasteiger partial charge in [-0.3, -0.25) is 4.79 Å². The first-order chi connectivity index (χ1) is 14.2. The van der Waals surface area contributed by atoms with Gasteiger partial charge in [0.25, 0.3) is 5.91 Å². The number of ether oxygens (including phenoxy) is 1. The van der Waals surface area contributed by atoms with Crippen LogP contribution in [0.25, 0.3) is 0 Å². The molecule has 1 heterocycles. The van der Waals surface area contributed by atoms with E-state index in [9.17, 15) is 13.2 Å². The van der Waals surface area contributed by atoms with Crippen LogP contribution in [-0.2, 0) is 10.0 Å². The molecule has 0 radical (unpaired) electrons. The third kappa shape index (κ3) is 4.88. The van der Waals surface area contributed by atoms with Crippen molar-refractivity contribution in [2.24, 2.45) is 0 Å². The molecule has 1 N–H and O–H groups in total. The molecule has 0 aromatic heterocycles. The molecular weight excluding hydrogens is 426 g/mol. The Kier molecular flexibility index (Phi) is 6.90. The zero-order valence-corrected chi connectivity index (χ0v) is 18.8. The number of piperidine rings is 1. The van der Waals surface area contributed by atoms with Crippen molar-refractivity contribution in [3.63, 3.8) is 0 Å². The fourth-order valence-electron chi connectivity index (χ4n) is 3.39. The van der Waals surface area contributed by atoms with Crippen molar-refractivity contribution < 1.29 is 17.9 Å². The van der Waals surface area contributed by atoms with Crippen molar-refractivity contribution in [3.05, 3.63) is 53.1 Å². The summed E-state index contributed by atoms with van der Waals surface area (Å²) in [6, 6.07) is 12.1. The van der Waals surface area contributed by atoms with Crippen molar-refractivity contribution in [2.45, 2.75) is 23.8 Å². The Morgan fingerprint density at radius 3 is 2.33 bits per heavy atom. The molecule has 0 spiro atoms. The number of carbonyl (C=O) groups is 1. The maximum atomic E-state index is 12.8. The highest BCUT2D eigenvalue weighted by atomic mass is 35.5. The third-order valence-corrected chi connectivity index (χ3v) is 7.37. The molecule has 1 aliphatic rings. The molecule has 9 heteroatoms. The summed E-state index contributed by atoms with van der Waals surface area (Å²) >= 11 is 6.18. The van der Waals surface area contributed by atoms with E-state index >= 15 is 0 Å². The van der Waals surface area contributed by atoms with Gasteiger partial charge in [-0.25, -0.2) is 12.7 Å². The quantitative estimate of drug-likeness (QED) is 0.730. The second kappa shape index (κ2) is 9.24. The molecule has 1 saturated heterocycles. The standard InChI is InChI=1S/C21H26ClN3O4S/c1-24(2)30(27,28)18-8-9-20(22)19(14-18)21(26)23-15-10-12-25(13-11-15)16-4-6-17(29-3)7-5-16/h4-9,14-15H,10-13H2,1-3H3,(H,23,26). The minimum Gasteiger partial charge on any atom is -0.497 e. The van der Waals surface area contributed by atoms with Crippen LogP contribution in [0.4, 0.5) is 5.69 Å². The van der Waals surface area contributed by atoms with Gasteiger partial charge in [0, 0.05) is 38.9 Å². The summed E-state index contributed by atoms with van der Waals surface area (Å²) in [5.74, 6) is 0.454. The second-order valence-electron chi connectivity index (χ2n) is 7.36. The Hall–Kier alpha value is -2.29. The minimum atomic E-state index is -3.65.